The lowest BCUT2D eigenvalue weighted by atomic mass is 9.72. The molecule has 0 bridgehead atoms. The molecule has 0 spiro atoms. The summed E-state index contributed by atoms with van der Waals surface area (Å²) in [5.41, 5.74) is 8.58. The number of nitrogens with one attached hydrogen (secondary N) is 1. The molecule has 0 radical (unpaired) electrons. The maximum absolute atomic E-state index is 10.5. The third-order valence-corrected chi connectivity index (χ3v) is 6.49. The van der Waals surface area contributed by atoms with Gasteiger partial charge in [-0.05, 0) is 65.8 Å². The molecule has 0 fully saturated rings. The highest BCUT2D eigenvalue weighted by Gasteiger charge is 2.32. The standard InChI is InChI=1S/C25H30N2O/c1-14(2)22-15(3)16(4)23(24-19(22)8-10-26-24)25(5,6)20-12-17(28)13-21-18(20)9-11-27(21)7/h8-14,26,28H,1-7H3. The third-order valence-electron chi connectivity index (χ3n) is 6.49. The van der Waals surface area contributed by atoms with Crippen molar-refractivity contribution >= 4 is 21.8 Å². The van der Waals surface area contributed by atoms with Gasteiger partial charge in [0.2, 0.25) is 0 Å². The van der Waals surface area contributed by atoms with Crippen molar-refractivity contribution < 1.29 is 5.11 Å². The van der Waals surface area contributed by atoms with E-state index in [1.165, 1.54) is 38.5 Å². The molecule has 146 valence electrons. The van der Waals surface area contributed by atoms with Crippen molar-refractivity contribution in [1.29, 1.82) is 0 Å². The molecule has 0 aliphatic heterocycles. The zero-order chi connectivity index (χ0) is 20.4. The lowest BCUT2D eigenvalue weighted by Gasteiger charge is -2.32. The molecule has 0 aliphatic rings. The predicted molar refractivity (Wildman–Crippen MR) is 119 cm³/mol. The molecule has 2 N–H and O–H groups in total. The Labute approximate surface area is 167 Å². The predicted octanol–water partition coefficient (Wildman–Crippen LogP) is 6.43. The van der Waals surface area contributed by atoms with E-state index < -0.39 is 0 Å². The van der Waals surface area contributed by atoms with Gasteiger partial charge in [-0.25, -0.2) is 0 Å². The Kier molecular flexibility index (Phi) is 4.11. The fourth-order valence-electron chi connectivity index (χ4n) is 5.11. The van der Waals surface area contributed by atoms with Crippen LogP contribution in [0.4, 0.5) is 0 Å². The highest BCUT2D eigenvalue weighted by Crippen LogP contribution is 2.45. The fourth-order valence-corrected chi connectivity index (χ4v) is 5.11. The SMILES string of the molecule is Cc1c(C)c(C(C)(C)c2cc(O)cc3c2ccn3C)c2[nH]ccc2c1C(C)C. The maximum Gasteiger partial charge on any atom is 0.118 e. The number of benzene rings is 2. The van der Waals surface area contributed by atoms with Gasteiger partial charge in [-0.2, -0.15) is 0 Å². The van der Waals surface area contributed by atoms with Gasteiger partial charge in [0.1, 0.15) is 5.75 Å². The number of rotatable bonds is 3. The third kappa shape index (κ3) is 2.49. The van der Waals surface area contributed by atoms with Crippen molar-refractivity contribution in [3.63, 3.8) is 0 Å². The van der Waals surface area contributed by atoms with Crippen LogP contribution in [-0.2, 0) is 12.5 Å². The first-order chi connectivity index (χ1) is 13.1. The van der Waals surface area contributed by atoms with E-state index in [0.29, 0.717) is 11.7 Å². The first kappa shape index (κ1) is 18.7. The Morgan fingerprint density at radius 3 is 2.43 bits per heavy atom. The zero-order valence-corrected chi connectivity index (χ0v) is 17.9. The number of phenolic OH excluding ortho intramolecular Hbond substituents is 1. The second kappa shape index (κ2) is 6.16. The van der Waals surface area contributed by atoms with E-state index in [4.69, 9.17) is 0 Å². The Hall–Kier alpha value is -2.68. The summed E-state index contributed by atoms with van der Waals surface area (Å²) >= 11 is 0. The summed E-state index contributed by atoms with van der Waals surface area (Å²) in [5.74, 6) is 0.782. The average Bonchev–Trinajstić information content (AvgIpc) is 3.22. The van der Waals surface area contributed by atoms with Gasteiger partial charge in [-0.15, -0.1) is 0 Å². The minimum Gasteiger partial charge on any atom is -0.508 e. The van der Waals surface area contributed by atoms with Crippen molar-refractivity contribution in [2.24, 2.45) is 7.05 Å². The van der Waals surface area contributed by atoms with Gasteiger partial charge < -0.3 is 14.7 Å². The van der Waals surface area contributed by atoms with Gasteiger partial charge in [-0.3, -0.25) is 0 Å². The molecule has 0 saturated carbocycles. The Morgan fingerprint density at radius 2 is 1.75 bits per heavy atom. The highest BCUT2D eigenvalue weighted by atomic mass is 16.3. The van der Waals surface area contributed by atoms with Crippen molar-refractivity contribution in [2.45, 2.75) is 52.9 Å². The smallest absolute Gasteiger partial charge is 0.118 e. The normalized spacial score (nSPS) is 12.6. The van der Waals surface area contributed by atoms with Crippen molar-refractivity contribution in [3.8, 4) is 5.75 Å². The van der Waals surface area contributed by atoms with Gasteiger partial charge >= 0.3 is 0 Å². The van der Waals surface area contributed by atoms with Gasteiger partial charge in [0.15, 0.2) is 0 Å². The number of fused-ring (bicyclic) bond motifs is 2. The molecular weight excluding hydrogens is 344 g/mol. The van der Waals surface area contributed by atoms with Crippen LogP contribution in [0.15, 0.2) is 36.7 Å². The van der Waals surface area contributed by atoms with Crippen molar-refractivity contribution in [1.82, 2.24) is 9.55 Å². The van der Waals surface area contributed by atoms with Crippen LogP contribution in [0.2, 0.25) is 0 Å². The van der Waals surface area contributed by atoms with Gasteiger partial charge in [0.05, 0.1) is 11.0 Å². The van der Waals surface area contributed by atoms with Crippen LogP contribution in [0.5, 0.6) is 5.75 Å². The molecule has 0 aliphatic carbocycles. The fraction of sp³-hybridized carbons (Fsp3) is 0.360. The van der Waals surface area contributed by atoms with E-state index in [9.17, 15) is 5.11 Å². The summed E-state index contributed by atoms with van der Waals surface area (Å²) < 4.78 is 2.07. The minimum absolute atomic E-state index is 0.272. The molecule has 2 aromatic heterocycles. The molecule has 0 amide bonds. The van der Waals surface area contributed by atoms with Gasteiger partial charge in [0.25, 0.3) is 0 Å². The number of H-pyrrole nitrogens is 1. The highest BCUT2D eigenvalue weighted by molar-refractivity contribution is 5.93. The molecule has 4 rings (SSSR count). The second-order valence-electron chi connectivity index (χ2n) is 8.94. The van der Waals surface area contributed by atoms with E-state index in [2.05, 4.69) is 75.6 Å². The Balaban J connectivity index is 2.10. The molecule has 2 heterocycles. The summed E-state index contributed by atoms with van der Waals surface area (Å²) in [5, 5.41) is 13.0. The summed E-state index contributed by atoms with van der Waals surface area (Å²) in [6, 6.07) is 8.14. The van der Waals surface area contributed by atoms with E-state index in [-0.39, 0.29) is 5.41 Å². The van der Waals surface area contributed by atoms with Crippen LogP contribution in [0.25, 0.3) is 21.8 Å². The average molecular weight is 375 g/mol. The van der Waals surface area contributed by atoms with Crippen LogP contribution in [0.3, 0.4) is 0 Å². The lowest BCUT2D eigenvalue weighted by Crippen LogP contribution is -2.22. The van der Waals surface area contributed by atoms with Crippen LogP contribution in [0, 0.1) is 13.8 Å². The van der Waals surface area contributed by atoms with Crippen molar-refractivity contribution in [3.05, 3.63) is 64.5 Å². The van der Waals surface area contributed by atoms with E-state index in [1.807, 2.05) is 19.2 Å². The lowest BCUT2D eigenvalue weighted by molar-refractivity contribution is 0.473. The van der Waals surface area contributed by atoms with Crippen LogP contribution < -0.4 is 0 Å². The second-order valence-corrected chi connectivity index (χ2v) is 8.94. The van der Waals surface area contributed by atoms with Gasteiger partial charge in [0, 0.05) is 41.7 Å². The topological polar surface area (TPSA) is 41.0 Å². The zero-order valence-electron chi connectivity index (χ0n) is 17.9. The van der Waals surface area contributed by atoms with Crippen LogP contribution in [0.1, 0.15) is 61.4 Å². The maximum atomic E-state index is 10.5. The molecule has 0 atom stereocenters. The molecule has 0 saturated heterocycles. The number of hydrogen-bond donors (Lipinski definition) is 2. The van der Waals surface area contributed by atoms with Gasteiger partial charge in [-0.1, -0.05) is 27.7 Å². The number of aromatic hydroxyl groups is 1. The van der Waals surface area contributed by atoms with E-state index in [1.54, 1.807) is 0 Å². The molecular formula is C25H30N2O. The minimum atomic E-state index is -0.272. The summed E-state index contributed by atoms with van der Waals surface area (Å²) in [6.07, 6.45) is 4.11. The summed E-state index contributed by atoms with van der Waals surface area (Å²) in [6.45, 7) is 13.6. The monoisotopic (exact) mass is 374 g/mol. The van der Waals surface area contributed by atoms with Crippen LogP contribution in [-0.4, -0.2) is 14.7 Å². The number of nitrogens with zero attached hydrogens (tertiary/aromatic N) is 1. The number of phenols is 1. The summed E-state index contributed by atoms with van der Waals surface area (Å²) in [7, 11) is 2.02. The Morgan fingerprint density at radius 1 is 1.04 bits per heavy atom. The largest absolute Gasteiger partial charge is 0.508 e. The molecule has 0 unspecified atom stereocenters. The first-order valence-electron chi connectivity index (χ1n) is 10.0. The van der Waals surface area contributed by atoms with Crippen LogP contribution >= 0.6 is 0 Å². The number of aromatic nitrogens is 2. The van der Waals surface area contributed by atoms with E-state index >= 15 is 0 Å². The molecule has 2 aromatic carbocycles. The molecule has 3 heteroatoms. The van der Waals surface area contributed by atoms with Crippen molar-refractivity contribution in [2.75, 3.05) is 0 Å². The quantitative estimate of drug-likeness (QED) is 0.426. The molecule has 4 aromatic rings. The number of aromatic amines is 1. The Bertz CT molecular complexity index is 1200. The first-order valence-corrected chi connectivity index (χ1v) is 10.0. The summed E-state index contributed by atoms with van der Waals surface area (Å²) in [4.78, 5) is 3.53. The number of aryl methyl sites for hydroxylation is 1. The number of hydrogen-bond acceptors (Lipinski definition) is 1. The molecule has 28 heavy (non-hydrogen) atoms. The van der Waals surface area contributed by atoms with E-state index in [0.717, 1.165) is 11.1 Å². The molecule has 3 nitrogen and oxygen atoms in total.